The Morgan fingerprint density at radius 3 is 2.35 bits per heavy atom. The van der Waals surface area contributed by atoms with Crippen molar-refractivity contribution in [2.45, 2.75) is 82.5 Å². The summed E-state index contributed by atoms with van der Waals surface area (Å²) in [4.78, 5) is 37.0. The maximum absolute atomic E-state index is 14.0. The van der Waals surface area contributed by atoms with Gasteiger partial charge in [-0.25, -0.2) is 4.98 Å². The molecule has 3 aliphatic carbocycles. The van der Waals surface area contributed by atoms with Gasteiger partial charge in [-0.15, -0.1) is 0 Å². The summed E-state index contributed by atoms with van der Waals surface area (Å²) < 4.78 is 2.00. The molecule has 5 aliphatic rings. The van der Waals surface area contributed by atoms with Crippen molar-refractivity contribution in [3.8, 4) is 11.3 Å². The molecule has 2 aliphatic heterocycles. The van der Waals surface area contributed by atoms with Gasteiger partial charge >= 0.3 is 0 Å². The van der Waals surface area contributed by atoms with E-state index in [0.29, 0.717) is 17.6 Å². The van der Waals surface area contributed by atoms with E-state index in [0.717, 1.165) is 59.5 Å². The van der Waals surface area contributed by atoms with Crippen molar-refractivity contribution in [3.05, 3.63) is 63.3 Å². The van der Waals surface area contributed by atoms with Crippen LogP contribution in [0.5, 0.6) is 0 Å². The van der Waals surface area contributed by atoms with Crippen LogP contribution in [-0.4, -0.2) is 37.6 Å². The zero-order chi connectivity index (χ0) is 24.8. The van der Waals surface area contributed by atoms with Crippen molar-refractivity contribution in [1.82, 2.24) is 19.4 Å². The fraction of sp³-hybridized carbons (Fsp3) is 0.581. The van der Waals surface area contributed by atoms with Crippen LogP contribution in [0.25, 0.3) is 22.3 Å². The molecule has 8 rings (SSSR count). The number of para-hydroxylation sites is 2. The van der Waals surface area contributed by atoms with Gasteiger partial charge in [-0.05, 0) is 105 Å². The van der Waals surface area contributed by atoms with Crippen LogP contribution >= 0.6 is 0 Å². The molecule has 9 atom stereocenters. The minimum Gasteiger partial charge on any atom is -0.329 e. The molecule has 4 bridgehead atoms. The lowest BCUT2D eigenvalue weighted by atomic mass is 9.62. The monoisotopic (exact) mass is 496 g/mol. The second-order valence-electron chi connectivity index (χ2n) is 12.8. The molecule has 192 valence electrons. The predicted molar refractivity (Wildman–Crippen MR) is 144 cm³/mol. The number of fused-ring (bicyclic) bond motifs is 4. The van der Waals surface area contributed by atoms with Gasteiger partial charge in [0.2, 0.25) is 0 Å². The molecule has 37 heavy (non-hydrogen) atoms. The number of pyridine rings is 1. The van der Waals surface area contributed by atoms with E-state index in [9.17, 15) is 9.59 Å². The summed E-state index contributed by atoms with van der Waals surface area (Å²) in [7, 11) is 0. The SMILES string of the molecule is CC1C2[C@H]3C[C@@H]1C[C@@H](N1[C@@H]4CC[C@H]1C[C@@H](n1c(=O)c(-c5ccc[nH]c5=O)nc5ccccc51)C4)C[C@@H]2C3. The van der Waals surface area contributed by atoms with Gasteiger partial charge < -0.3 is 9.55 Å². The van der Waals surface area contributed by atoms with Gasteiger partial charge in [0.15, 0.2) is 0 Å². The molecule has 0 amide bonds. The lowest BCUT2D eigenvalue weighted by Gasteiger charge is -2.49. The van der Waals surface area contributed by atoms with Crippen LogP contribution in [-0.2, 0) is 0 Å². The van der Waals surface area contributed by atoms with Gasteiger partial charge in [-0.1, -0.05) is 19.1 Å². The largest absolute Gasteiger partial charge is 0.329 e. The highest BCUT2D eigenvalue weighted by molar-refractivity contribution is 5.77. The first kappa shape index (κ1) is 22.3. The molecule has 2 unspecified atom stereocenters. The molecule has 3 saturated carbocycles. The molecule has 5 fully saturated rings. The third-order valence-corrected chi connectivity index (χ3v) is 11.2. The summed E-state index contributed by atoms with van der Waals surface area (Å²) in [5.74, 6) is 4.83. The van der Waals surface area contributed by atoms with E-state index in [2.05, 4.69) is 16.8 Å². The number of nitrogens with zero attached hydrogens (tertiary/aromatic N) is 3. The Hall–Kier alpha value is -2.73. The molecule has 0 radical (unpaired) electrons. The quantitative estimate of drug-likeness (QED) is 0.555. The Kier molecular flexibility index (Phi) is 4.90. The number of hydrogen-bond donors (Lipinski definition) is 1. The van der Waals surface area contributed by atoms with Crippen LogP contribution < -0.4 is 11.1 Å². The Morgan fingerprint density at radius 1 is 0.811 bits per heavy atom. The van der Waals surface area contributed by atoms with Crippen LogP contribution in [0.4, 0.5) is 0 Å². The van der Waals surface area contributed by atoms with Crippen molar-refractivity contribution in [3.63, 3.8) is 0 Å². The van der Waals surface area contributed by atoms with Crippen molar-refractivity contribution >= 4 is 11.0 Å². The van der Waals surface area contributed by atoms with E-state index in [4.69, 9.17) is 4.98 Å². The fourth-order valence-corrected chi connectivity index (χ4v) is 9.82. The van der Waals surface area contributed by atoms with Gasteiger partial charge in [0.25, 0.3) is 11.1 Å². The third kappa shape index (κ3) is 3.24. The predicted octanol–water partition coefficient (Wildman–Crippen LogP) is 4.99. The van der Waals surface area contributed by atoms with Gasteiger partial charge in [-0.3, -0.25) is 14.5 Å². The summed E-state index contributed by atoms with van der Waals surface area (Å²) in [6.07, 6.45) is 11.9. The summed E-state index contributed by atoms with van der Waals surface area (Å²) in [5.41, 5.74) is 1.90. The van der Waals surface area contributed by atoms with E-state index in [-0.39, 0.29) is 22.9 Å². The molecule has 0 spiro atoms. The van der Waals surface area contributed by atoms with Crippen LogP contribution in [0.3, 0.4) is 0 Å². The summed E-state index contributed by atoms with van der Waals surface area (Å²) >= 11 is 0. The van der Waals surface area contributed by atoms with Crippen molar-refractivity contribution in [2.75, 3.05) is 0 Å². The lowest BCUT2D eigenvalue weighted by Crippen LogP contribution is -2.52. The third-order valence-electron chi connectivity index (χ3n) is 11.2. The van der Waals surface area contributed by atoms with Crippen molar-refractivity contribution < 1.29 is 0 Å². The second kappa shape index (κ2) is 8.13. The van der Waals surface area contributed by atoms with E-state index in [1.165, 1.54) is 38.5 Å². The molecule has 4 heterocycles. The maximum Gasteiger partial charge on any atom is 0.278 e. The Balaban J connectivity index is 1.15. The second-order valence-corrected chi connectivity index (χ2v) is 12.8. The lowest BCUT2D eigenvalue weighted by molar-refractivity contribution is 0.00589. The highest BCUT2D eigenvalue weighted by Crippen LogP contribution is 2.62. The van der Waals surface area contributed by atoms with Crippen molar-refractivity contribution in [2.24, 2.45) is 29.6 Å². The molecule has 2 aromatic heterocycles. The fourth-order valence-electron chi connectivity index (χ4n) is 9.82. The molecule has 6 nitrogen and oxygen atoms in total. The Labute approximate surface area is 217 Å². The summed E-state index contributed by atoms with van der Waals surface area (Å²) in [5, 5.41) is 0. The molecule has 1 N–H and O–H groups in total. The van der Waals surface area contributed by atoms with E-state index in [1.54, 1.807) is 18.3 Å². The topological polar surface area (TPSA) is 71.0 Å². The van der Waals surface area contributed by atoms with Crippen LogP contribution in [0.2, 0.25) is 0 Å². The first-order valence-corrected chi connectivity index (χ1v) is 14.5. The normalized spacial score (nSPS) is 38.5. The van der Waals surface area contributed by atoms with E-state index in [1.807, 2.05) is 28.8 Å². The zero-order valence-corrected chi connectivity index (χ0v) is 21.6. The van der Waals surface area contributed by atoms with Gasteiger partial charge in [0.05, 0.1) is 16.6 Å². The molecule has 6 heteroatoms. The summed E-state index contributed by atoms with van der Waals surface area (Å²) in [6, 6.07) is 13.4. The Morgan fingerprint density at radius 2 is 1.54 bits per heavy atom. The van der Waals surface area contributed by atoms with E-state index >= 15 is 0 Å². The smallest absolute Gasteiger partial charge is 0.278 e. The number of aromatic amines is 1. The van der Waals surface area contributed by atoms with Crippen molar-refractivity contribution in [1.29, 1.82) is 0 Å². The number of benzene rings is 1. The molecular weight excluding hydrogens is 460 g/mol. The average molecular weight is 497 g/mol. The molecule has 3 aromatic rings. The standard InChI is InChI=1S/C31H36N4O2/c1-17-18-11-19-12-20(28(17)19)14-23(13-18)34-21-8-9-22(34)16-24(15-21)35-27-7-3-2-6-26(27)33-29(31(35)37)25-5-4-10-32-30(25)36/h2-7,10,17-24,28H,8-9,11-16H2,1H3,(H,32,36)/t17?,18-,19+,20+,21-,22+,23-,24+,28?/m1/s1. The van der Waals surface area contributed by atoms with Crippen LogP contribution in [0.1, 0.15) is 64.3 Å². The number of aromatic nitrogens is 3. The number of piperidine rings is 1. The maximum atomic E-state index is 14.0. The number of H-pyrrole nitrogens is 1. The number of nitrogens with one attached hydrogen (secondary N) is 1. The van der Waals surface area contributed by atoms with Gasteiger partial charge in [0, 0.05) is 30.4 Å². The first-order valence-electron chi connectivity index (χ1n) is 14.5. The van der Waals surface area contributed by atoms with Gasteiger partial charge in [0.1, 0.15) is 5.69 Å². The molecular formula is C31H36N4O2. The minimum atomic E-state index is -0.265. The number of hydrogen-bond acceptors (Lipinski definition) is 4. The highest BCUT2D eigenvalue weighted by Gasteiger charge is 2.56. The van der Waals surface area contributed by atoms with Gasteiger partial charge in [-0.2, -0.15) is 0 Å². The summed E-state index contributed by atoms with van der Waals surface area (Å²) in [6.45, 7) is 2.54. The number of rotatable bonds is 3. The minimum absolute atomic E-state index is 0.130. The Bertz CT molecular complexity index is 1480. The highest BCUT2D eigenvalue weighted by atomic mass is 16.1. The molecule has 1 aromatic carbocycles. The van der Waals surface area contributed by atoms with Crippen LogP contribution in [0.15, 0.2) is 52.2 Å². The zero-order valence-electron chi connectivity index (χ0n) is 21.6. The van der Waals surface area contributed by atoms with Crippen LogP contribution in [0, 0.1) is 29.6 Å². The average Bonchev–Trinajstić information content (AvgIpc) is 3.22. The first-order chi connectivity index (χ1) is 18.1. The molecule has 2 saturated heterocycles. The van der Waals surface area contributed by atoms with E-state index < -0.39 is 0 Å².